The Morgan fingerprint density at radius 3 is 2.85 bits per heavy atom. The second-order valence-corrected chi connectivity index (χ2v) is 7.21. The summed E-state index contributed by atoms with van der Waals surface area (Å²) in [6.45, 7) is 2.06. The van der Waals surface area contributed by atoms with Crippen molar-refractivity contribution in [3.05, 3.63) is 32.1 Å². The molecule has 1 aromatic rings. The van der Waals surface area contributed by atoms with Gasteiger partial charge in [-0.15, -0.1) is 11.3 Å². The fourth-order valence-corrected chi connectivity index (χ4v) is 3.84. The van der Waals surface area contributed by atoms with Crippen LogP contribution in [0.4, 0.5) is 0 Å². The minimum absolute atomic E-state index is 0.256. The third kappa shape index (κ3) is 3.21. The van der Waals surface area contributed by atoms with Crippen molar-refractivity contribution in [2.24, 2.45) is 0 Å². The fraction of sp³-hybridized carbons (Fsp3) is 0.385. The molecule has 0 unspecified atom stereocenters. The quantitative estimate of drug-likeness (QED) is 0.625. The Morgan fingerprint density at radius 1 is 1.55 bits per heavy atom. The summed E-state index contributed by atoms with van der Waals surface area (Å²) < 4.78 is 5.95. The standard InChI is InChI=1S/C13H15BrN2O2S2/c1-3-4-7-10(12(17)18-2)11(16-13(19)15-7)8-5-6-9(14)20-8/h5-6,11H,3-4H2,1-2H3,(H2,15,16,19)/t11-/m0/s1. The number of thiophene rings is 1. The summed E-state index contributed by atoms with van der Waals surface area (Å²) in [4.78, 5) is 13.2. The monoisotopic (exact) mass is 374 g/mol. The topological polar surface area (TPSA) is 50.4 Å². The summed E-state index contributed by atoms with van der Waals surface area (Å²) >= 11 is 10.3. The van der Waals surface area contributed by atoms with E-state index in [-0.39, 0.29) is 12.0 Å². The number of ether oxygens (including phenoxy) is 1. The van der Waals surface area contributed by atoms with Gasteiger partial charge in [-0.25, -0.2) is 4.79 Å². The zero-order valence-electron chi connectivity index (χ0n) is 11.2. The van der Waals surface area contributed by atoms with Crippen LogP contribution in [0.2, 0.25) is 0 Å². The van der Waals surface area contributed by atoms with Crippen LogP contribution in [0, 0.1) is 0 Å². The third-order valence-electron chi connectivity index (χ3n) is 2.94. The Bertz CT molecular complexity index is 568. The van der Waals surface area contributed by atoms with Crippen LogP contribution in [-0.4, -0.2) is 18.2 Å². The summed E-state index contributed by atoms with van der Waals surface area (Å²) in [5.74, 6) is -0.328. The first-order valence-electron chi connectivity index (χ1n) is 6.21. The van der Waals surface area contributed by atoms with Gasteiger partial charge in [-0.2, -0.15) is 0 Å². The van der Waals surface area contributed by atoms with Gasteiger partial charge in [-0.05, 0) is 46.7 Å². The molecule has 0 saturated heterocycles. The minimum Gasteiger partial charge on any atom is -0.466 e. The Morgan fingerprint density at radius 2 is 2.30 bits per heavy atom. The van der Waals surface area contributed by atoms with Crippen molar-refractivity contribution in [2.45, 2.75) is 25.8 Å². The smallest absolute Gasteiger partial charge is 0.338 e. The number of carbonyl (C=O) groups excluding carboxylic acids is 1. The van der Waals surface area contributed by atoms with Crippen molar-refractivity contribution in [2.75, 3.05) is 7.11 Å². The number of hydrogen-bond acceptors (Lipinski definition) is 4. The van der Waals surface area contributed by atoms with Crippen LogP contribution in [0.3, 0.4) is 0 Å². The maximum atomic E-state index is 12.1. The number of allylic oxidation sites excluding steroid dienone is 1. The molecule has 2 rings (SSSR count). The lowest BCUT2D eigenvalue weighted by Gasteiger charge is -2.30. The fourth-order valence-electron chi connectivity index (χ4n) is 2.11. The van der Waals surface area contributed by atoms with Gasteiger partial charge in [0.25, 0.3) is 0 Å². The number of carbonyl (C=O) groups is 1. The molecule has 2 heterocycles. The number of rotatable bonds is 4. The number of thiocarbonyl (C=S) groups is 1. The van der Waals surface area contributed by atoms with Crippen molar-refractivity contribution >= 4 is 50.6 Å². The zero-order valence-corrected chi connectivity index (χ0v) is 14.4. The molecule has 4 nitrogen and oxygen atoms in total. The van der Waals surface area contributed by atoms with Gasteiger partial charge in [0.1, 0.15) is 0 Å². The van der Waals surface area contributed by atoms with Gasteiger partial charge in [-0.3, -0.25) is 0 Å². The van der Waals surface area contributed by atoms with Crippen LogP contribution in [0.5, 0.6) is 0 Å². The van der Waals surface area contributed by atoms with Gasteiger partial charge in [0, 0.05) is 10.6 Å². The van der Waals surface area contributed by atoms with Gasteiger partial charge in [0.05, 0.1) is 22.5 Å². The van der Waals surface area contributed by atoms with Crippen LogP contribution in [0.1, 0.15) is 30.7 Å². The van der Waals surface area contributed by atoms with Crippen LogP contribution in [0.25, 0.3) is 0 Å². The molecule has 0 spiro atoms. The average Bonchev–Trinajstić information content (AvgIpc) is 2.84. The van der Waals surface area contributed by atoms with E-state index in [0.717, 1.165) is 27.2 Å². The molecule has 0 bridgehead atoms. The van der Waals surface area contributed by atoms with Crippen LogP contribution in [0.15, 0.2) is 27.2 Å². The minimum atomic E-state index is -0.328. The first kappa shape index (κ1) is 15.5. The summed E-state index contributed by atoms with van der Waals surface area (Å²) in [7, 11) is 1.40. The third-order valence-corrected chi connectivity index (χ3v) is 4.85. The first-order chi connectivity index (χ1) is 9.56. The van der Waals surface area contributed by atoms with Crippen molar-refractivity contribution in [1.82, 2.24) is 10.6 Å². The molecule has 0 aromatic carbocycles. The molecule has 0 aliphatic carbocycles. The predicted octanol–water partition coefficient (Wildman–Crippen LogP) is 3.26. The number of esters is 1. The maximum Gasteiger partial charge on any atom is 0.338 e. The van der Waals surface area contributed by atoms with Gasteiger partial charge >= 0.3 is 5.97 Å². The molecule has 7 heteroatoms. The largest absolute Gasteiger partial charge is 0.466 e. The Labute approximate surface area is 135 Å². The van der Waals surface area contributed by atoms with Crippen molar-refractivity contribution in [3.63, 3.8) is 0 Å². The van der Waals surface area contributed by atoms with Gasteiger partial charge in [-0.1, -0.05) is 13.3 Å². The highest BCUT2D eigenvalue weighted by Crippen LogP contribution is 2.34. The molecule has 20 heavy (non-hydrogen) atoms. The zero-order chi connectivity index (χ0) is 14.7. The van der Waals surface area contributed by atoms with E-state index in [1.165, 1.54) is 7.11 Å². The number of hydrogen-bond donors (Lipinski definition) is 2. The SMILES string of the molecule is CCCC1=C(C(=O)OC)[C@H](c2ccc(Br)s2)NC(=S)N1. The molecular formula is C13H15BrN2O2S2. The van der Waals surface area contributed by atoms with Gasteiger partial charge < -0.3 is 15.4 Å². The number of halogens is 1. The molecule has 1 aromatic heterocycles. The highest BCUT2D eigenvalue weighted by Gasteiger charge is 2.32. The summed E-state index contributed by atoms with van der Waals surface area (Å²) in [6, 6.07) is 3.68. The van der Waals surface area contributed by atoms with Crippen LogP contribution >= 0.6 is 39.5 Å². The molecule has 2 N–H and O–H groups in total. The van der Waals surface area contributed by atoms with Crippen molar-refractivity contribution in [1.29, 1.82) is 0 Å². The highest BCUT2D eigenvalue weighted by molar-refractivity contribution is 9.11. The van der Waals surface area contributed by atoms with Crippen LogP contribution in [-0.2, 0) is 9.53 Å². The molecule has 1 atom stereocenters. The molecule has 0 saturated carbocycles. The summed E-state index contributed by atoms with van der Waals surface area (Å²) in [5.41, 5.74) is 1.45. The lowest BCUT2D eigenvalue weighted by Crippen LogP contribution is -2.45. The lowest BCUT2D eigenvalue weighted by molar-refractivity contribution is -0.136. The average molecular weight is 375 g/mol. The van der Waals surface area contributed by atoms with E-state index < -0.39 is 0 Å². The van der Waals surface area contributed by atoms with Crippen molar-refractivity contribution < 1.29 is 9.53 Å². The van der Waals surface area contributed by atoms with Gasteiger partial charge in [0.2, 0.25) is 0 Å². The van der Waals surface area contributed by atoms with E-state index in [1.54, 1.807) is 11.3 Å². The van der Waals surface area contributed by atoms with Gasteiger partial charge in [0.15, 0.2) is 5.11 Å². The summed E-state index contributed by atoms with van der Waals surface area (Å²) in [6.07, 6.45) is 1.68. The molecule has 0 radical (unpaired) electrons. The predicted molar refractivity (Wildman–Crippen MR) is 87.6 cm³/mol. The van der Waals surface area contributed by atoms with E-state index in [1.807, 2.05) is 12.1 Å². The molecular weight excluding hydrogens is 360 g/mol. The number of methoxy groups -OCH3 is 1. The maximum absolute atomic E-state index is 12.1. The van der Waals surface area contributed by atoms with E-state index in [9.17, 15) is 4.79 Å². The van der Waals surface area contributed by atoms with E-state index in [0.29, 0.717) is 10.7 Å². The Kier molecular flexibility index (Phi) is 5.17. The Balaban J connectivity index is 2.48. The van der Waals surface area contributed by atoms with E-state index in [2.05, 4.69) is 33.5 Å². The normalized spacial score (nSPS) is 18.6. The molecule has 0 fully saturated rings. The highest BCUT2D eigenvalue weighted by atomic mass is 79.9. The number of nitrogens with one attached hydrogen (secondary N) is 2. The molecule has 1 aliphatic rings. The molecule has 1 aliphatic heterocycles. The van der Waals surface area contributed by atoms with Crippen molar-refractivity contribution in [3.8, 4) is 0 Å². The second-order valence-electron chi connectivity index (χ2n) is 4.31. The molecule has 0 amide bonds. The van der Waals surface area contributed by atoms with Crippen LogP contribution < -0.4 is 10.6 Å². The summed E-state index contributed by atoms with van der Waals surface area (Å²) in [5, 5.41) is 6.77. The van der Waals surface area contributed by atoms with E-state index in [4.69, 9.17) is 17.0 Å². The first-order valence-corrected chi connectivity index (χ1v) is 8.22. The second kappa shape index (κ2) is 6.69. The van der Waals surface area contributed by atoms with E-state index >= 15 is 0 Å². The molecule has 108 valence electrons. The lowest BCUT2D eigenvalue weighted by atomic mass is 9.99. The Hall–Kier alpha value is -0.920.